The molecule has 25 heavy (non-hydrogen) atoms. The van der Waals surface area contributed by atoms with Crippen LogP contribution in [0.5, 0.6) is 0 Å². The van der Waals surface area contributed by atoms with Gasteiger partial charge >= 0.3 is 0 Å². The van der Waals surface area contributed by atoms with Gasteiger partial charge in [0, 0.05) is 36.2 Å². The van der Waals surface area contributed by atoms with Crippen molar-refractivity contribution in [3.05, 3.63) is 45.3 Å². The SMILES string of the molecule is CC(C)(C)C(=O)CC(=O)Cn1c2ccc(Br)cc2c2cc(Br)ccc21. The van der Waals surface area contributed by atoms with E-state index in [1.807, 2.05) is 49.6 Å². The van der Waals surface area contributed by atoms with Crippen LogP contribution in [-0.2, 0) is 16.1 Å². The summed E-state index contributed by atoms with van der Waals surface area (Å²) in [6, 6.07) is 12.1. The van der Waals surface area contributed by atoms with Crippen molar-refractivity contribution in [2.75, 3.05) is 0 Å². The van der Waals surface area contributed by atoms with Crippen LogP contribution in [0.25, 0.3) is 21.8 Å². The number of ketones is 2. The Labute approximate surface area is 163 Å². The molecule has 3 aromatic rings. The van der Waals surface area contributed by atoms with Gasteiger partial charge in [0.15, 0.2) is 5.78 Å². The van der Waals surface area contributed by atoms with E-state index in [0.29, 0.717) is 0 Å². The summed E-state index contributed by atoms with van der Waals surface area (Å²) in [7, 11) is 0. The first-order chi connectivity index (χ1) is 11.7. The standard InChI is InChI=1S/C20H19Br2NO2/c1-20(2,3)19(25)10-14(24)11-23-17-6-4-12(21)8-15(17)16-9-13(22)5-7-18(16)23/h4-9H,10-11H2,1-3H3. The predicted octanol–water partition coefficient (Wildman–Crippen LogP) is 5.89. The molecule has 0 aliphatic heterocycles. The Morgan fingerprint density at radius 2 is 1.40 bits per heavy atom. The van der Waals surface area contributed by atoms with E-state index >= 15 is 0 Å². The molecule has 2 aromatic carbocycles. The van der Waals surface area contributed by atoms with E-state index < -0.39 is 5.41 Å². The third kappa shape index (κ3) is 3.72. The maximum Gasteiger partial charge on any atom is 0.159 e. The maximum atomic E-state index is 12.5. The Kier molecular flexibility index (Phi) is 4.91. The van der Waals surface area contributed by atoms with Crippen LogP contribution in [0.2, 0.25) is 0 Å². The molecule has 0 unspecified atom stereocenters. The predicted molar refractivity (Wildman–Crippen MR) is 109 cm³/mol. The Bertz CT molecular complexity index is 937. The third-order valence-corrected chi connectivity index (χ3v) is 5.30. The van der Waals surface area contributed by atoms with Gasteiger partial charge in [-0.1, -0.05) is 52.6 Å². The lowest BCUT2D eigenvalue weighted by Gasteiger charge is -2.16. The van der Waals surface area contributed by atoms with Gasteiger partial charge in [-0.05, 0) is 36.4 Å². The lowest BCUT2D eigenvalue weighted by atomic mass is 9.88. The third-order valence-electron chi connectivity index (χ3n) is 4.32. The highest BCUT2D eigenvalue weighted by atomic mass is 79.9. The normalized spacial score (nSPS) is 12.0. The van der Waals surface area contributed by atoms with Gasteiger partial charge in [0.05, 0.1) is 13.0 Å². The van der Waals surface area contributed by atoms with Gasteiger partial charge in [-0.3, -0.25) is 9.59 Å². The molecule has 0 N–H and O–H groups in total. The molecule has 130 valence electrons. The number of aromatic nitrogens is 1. The molecular weight excluding hydrogens is 446 g/mol. The van der Waals surface area contributed by atoms with E-state index in [1.165, 1.54) is 0 Å². The monoisotopic (exact) mass is 463 g/mol. The Hall–Kier alpha value is -1.46. The topological polar surface area (TPSA) is 39.1 Å². The number of rotatable bonds is 4. The Balaban J connectivity index is 2.06. The number of hydrogen-bond donors (Lipinski definition) is 0. The van der Waals surface area contributed by atoms with Crippen molar-refractivity contribution < 1.29 is 9.59 Å². The van der Waals surface area contributed by atoms with Gasteiger partial charge in [-0.25, -0.2) is 0 Å². The summed E-state index contributed by atoms with van der Waals surface area (Å²) >= 11 is 7.04. The molecule has 0 aliphatic rings. The van der Waals surface area contributed by atoms with Crippen LogP contribution in [0.1, 0.15) is 27.2 Å². The fraction of sp³-hybridized carbons (Fsp3) is 0.300. The minimum atomic E-state index is -0.494. The van der Waals surface area contributed by atoms with Gasteiger partial charge < -0.3 is 4.57 Å². The molecule has 5 heteroatoms. The van der Waals surface area contributed by atoms with Gasteiger partial charge in [0.2, 0.25) is 0 Å². The molecule has 0 fully saturated rings. The second-order valence-corrected chi connectivity index (χ2v) is 9.13. The van der Waals surface area contributed by atoms with Crippen molar-refractivity contribution in [3.8, 4) is 0 Å². The first-order valence-electron chi connectivity index (χ1n) is 8.09. The minimum Gasteiger partial charge on any atom is -0.333 e. The summed E-state index contributed by atoms with van der Waals surface area (Å²) in [5.74, 6) is -0.0895. The smallest absolute Gasteiger partial charge is 0.159 e. The van der Waals surface area contributed by atoms with E-state index in [0.717, 1.165) is 30.8 Å². The minimum absolute atomic E-state index is 0.0243. The molecule has 1 aromatic heterocycles. The highest BCUT2D eigenvalue weighted by molar-refractivity contribution is 9.10. The largest absolute Gasteiger partial charge is 0.333 e. The second kappa shape index (κ2) is 6.69. The average molecular weight is 465 g/mol. The van der Waals surface area contributed by atoms with Gasteiger partial charge in [0.25, 0.3) is 0 Å². The lowest BCUT2D eigenvalue weighted by molar-refractivity contribution is -0.131. The molecule has 1 heterocycles. The summed E-state index contributed by atoms with van der Waals surface area (Å²) in [6.07, 6.45) is -0.0300. The summed E-state index contributed by atoms with van der Waals surface area (Å²) in [5, 5.41) is 2.17. The first-order valence-corrected chi connectivity index (χ1v) is 9.67. The molecule has 3 nitrogen and oxygen atoms in total. The number of halogens is 2. The summed E-state index contributed by atoms with van der Waals surface area (Å²) in [5.41, 5.74) is 1.49. The first kappa shape index (κ1) is 18.3. The number of carbonyl (C=O) groups excluding carboxylic acids is 2. The van der Waals surface area contributed by atoms with E-state index in [2.05, 4.69) is 44.0 Å². The van der Waals surface area contributed by atoms with Crippen molar-refractivity contribution in [1.82, 2.24) is 4.57 Å². The molecule has 0 aliphatic carbocycles. The van der Waals surface area contributed by atoms with Crippen molar-refractivity contribution >= 4 is 65.2 Å². The zero-order valence-corrected chi connectivity index (χ0v) is 17.6. The number of carbonyl (C=O) groups is 2. The Morgan fingerprint density at radius 3 is 1.84 bits per heavy atom. The van der Waals surface area contributed by atoms with Crippen LogP contribution in [0.3, 0.4) is 0 Å². The molecule has 0 radical (unpaired) electrons. The fourth-order valence-corrected chi connectivity index (χ4v) is 3.62. The number of fused-ring (bicyclic) bond motifs is 3. The molecule has 0 saturated heterocycles. The summed E-state index contributed by atoms with van der Waals surface area (Å²) < 4.78 is 3.99. The number of hydrogen-bond acceptors (Lipinski definition) is 2. The maximum absolute atomic E-state index is 12.5. The molecule has 0 atom stereocenters. The van der Waals surface area contributed by atoms with E-state index in [4.69, 9.17) is 0 Å². The van der Waals surface area contributed by atoms with Crippen LogP contribution in [0.15, 0.2) is 45.3 Å². The quantitative estimate of drug-likeness (QED) is 0.451. The van der Waals surface area contributed by atoms with Crippen LogP contribution in [-0.4, -0.2) is 16.1 Å². The highest BCUT2D eigenvalue weighted by Gasteiger charge is 2.24. The average Bonchev–Trinajstić information content (AvgIpc) is 2.79. The van der Waals surface area contributed by atoms with Crippen LogP contribution >= 0.6 is 31.9 Å². The highest BCUT2D eigenvalue weighted by Crippen LogP contribution is 2.33. The molecule has 3 rings (SSSR count). The summed E-state index contributed by atoms with van der Waals surface area (Å²) in [6.45, 7) is 5.74. The van der Waals surface area contributed by atoms with Crippen molar-refractivity contribution in [3.63, 3.8) is 0 Å². The fourth-order valence-electron chi connectivity index (χ4n) is 2.90. The second-order valence-electron chi connectivity index (χ2n) is 7.30. The molecule has 0 bridgehead atoms. The van der Waals surface area contributed by atoms with Gasteiger partial charge in [-0.2, -0.15) is 0 Å². The van der Waals surface area contributed by atoms with Crippen LogP contribution in [0.4, 0.5) is 0 Å². The number of nitrogens with zero attached hydrogens (tertiary/aromatic N) is 1. The zero-order chi connectivity index (χ0) is 18.4. The number of Topliss-reactive ketones (excluding diaryl/α,β-unsaturated/α-hetero) is 2. The zero-order valence-electron chi connectivity index (χ0n) is 14.4. The molecule has 0 spiro atoms. The molecular formula is C20H19Br2NO2. The van der Waals surface area contributed by atoms with Crippen molar-refractivity contribution in [2.24, 2.45) is 5.41 Å². The van der Waals surface area contributed by atoms with Crippen LogP contribution < -0.4 is 0 Å². The van der Waals surface area contributed by atoms with Gasteiger partial charge in [-0.15, -0.1) is 0 Å². The molecule has 0 amide bonds. The van der Waals surface area contributed by atoms with Crippen LogP contribution in [0, 0.1) is 5.41 Å². The van der Waals surface area contributed by atoms with Crippen molar-refractivity contribution in [1.29, 1.82) is 0 Å². The van der Waals surface area contributed by atoms with Crippen molar-refractivity contribution in [2.45, 2.75) is 33.7 Å². The van der Waals surface area contributed by atoms with E-state index in [9.17, 15) is 9.59 Å². The van der Waals surface area contributed by atoms with E-state index in [1.54, 1.807) is 0 Å². The summed E-state index contributed by atoms with van der Waals surface area (Å²) in [4.78, 5) is 24.7. The molecule has 0 saturated carbocycles. The number of benzene rings is 2. The lowest BCUT2D eigenvalue weighted by Crippen LogP contribution is -2.24. The Morgan fingerprint density at radius 1 is 0.920 bits per heavy atom. The van der Waals surface area contributed by atoms with Gasteiger partial charge in [0.1, 0.15) is 5.78 Å². The van der Waals surface area contributed by atoms with E-state index in [-0.39, 0.29) is 24.5 Å².